The third-order valence-electron chi connectivity index (χ3n) is 2.85. The summed E-state index contributed by atoms with van der Waals surface area (Å²) < 4.78 is 38.4. The van der Waals surface area contributed by atoms with Crippen molar-refractivity contribution in [1.29, 1.82) is 0 Å². The second kappa shape index (κ2) is 5.83. The first kappa shape index (κ1) is 16.5. The Bertz CT molecular complexity index is 435. The largest absolute Gasteiger partial charge is 0.416 e. The van der Waals surface area contributed by atoms with Crippen molar-refractivity contribution in [3.63, 3.8) is 0 Å². The number of hydrogen-bond acceptors (Lipinski definition) is 1. The summed E-state index contributed by atoms with van der Waals surface area (Å²) >= 11 is 3.19. The first-order valence-electron chi connectivity index (χ1n) is 6.05. The second-order valence-corrected chi connectivity index (χ2v) is 6.70. The number of aliphatic hydroxyl groups excluding tert-OH is 1. The summed E-state index contributed by atoms with van der Waals surface area (Å²) in [5, 5.41) is 10.1. The van der Waals surface area contributed by atoms with Crippen molar-refractivity contribution in [1.82, 2.24) is 0 Å². The molecule has 5 heteroatoms. The Morgan fingerprint density at radius 3 is 2.26 bits per heavy atom. The lowest BCUT2D eigenvalue weighted by molar-refractivity contribution is -0.137. The second-order valence-electron chi connectivity index (χ2n) is 5.85. The van der Waals surface area contributed by atoms with Gasteiger partial charge in [-0.1, -0.05) is 36.7 Å². The van der Waals surface area contributed by atoms with Gasteiger partial charge in [-0.15, -0.1) is 0 Å². The lowest BCUT2D eigenvalue weighted by Crippen LogP contribution is -2.10. The molecule has 0 bridgehead atoms. The fourth-order valence-corrected chi connectivity index (χ4v) is 2.21. The van der Waals surface area contributed by atoms with Gasteiger partial charge in [-0.25, -0.2) is 0 Å². The van der Waals surface area contributed by atoms with E-state index in [-0.39, 0.29) is 5.41 Å². The van der Waals surface area contributed by atoms with E-state index in [0.29, 0.717) is 16.5 Å². The van der Waals surface area contributed by atoms with Gasteiger partial charge in [-0.05, 0) is 42.0 Å². The Balaban J connectivity index is 2.93. The highest BCUT2D eigenvalue weighted by Crippen LogP contribution is 2.36. The molecule has 0 fully saturated rings. The summed E-state index contributed by atoms with van der Waals surface area (Å²) in [6.07, 6.45) is -4.12. The molecule has 0 aliphatic heterocycles. The highest BCUT2D eigenvalue weighted by atomic mass is 79.9. The zero-order valence-electron chi connectivity index (χ0n) is 11.2. The van der Waals surface area contributed by atoms with Crippen molar-refractivity contribution in [2.45, 2.75) is 45.9 Å². The highest BCUT2D eigenvalue weighted by Gasteiger charge is 2.31. The summed E-state index contributed by atoms with van der Waals surface area (Å²) in [5.41, 5.74) is -0.408. The molecule has 1 nitrogen and oxygen atoms in total. The standard InChI is InChI=1S/C14H18BrF3O/c1-13(2,3)7-6-12(19)10-8-9(14(16,17)18)4-5-11(10)15/h4-5,8,12,19H,6-7H2,1-3H3. The molecule has 1 unspecified atom stereocenters. The van der Waals surface area contributed by atoms with Crippen molar-refractivity contribution < 1.29 is 18.3 Å². The quantitative estimate of drug-likeness (QED) is 0.789. The van der Waals surface area contributed by atoms with Gasteiger partial charge in [0, 0.05) is 4.47 Å². The summed E-state index contributed by atoms with van der Waals surface area (Å²) in [4.78, 5) is 0. The Labute approximate surface area is 120 Å². The molecule has 0 aliphatic rings. The van der Waals surface area contributed by atoms with Crippen LogP contribution < -0.4 is 0 Å². The van der Waals surface area contributed by atoms with E-state index in [4.69, 9.17) is 0 Å². The van der Waals surface area contributed by atoms with Crippen LogP contribution in [-0.4, -0.2) is 5.11 Å². The number of halogens is 4. The van der Waals surface area contributed by atoms with Crippen LogP contribution in [0.5, 0.6) is 0 Å². The maximum absolute atomic E-state index is 12.6. The lowest BCUT2D eigenvalue weighted by Gasteiger charge is -2.21. The molecule has 0 saturated heterocycles. The van der Waals surface area contributed by atoms with E-state index in [2.05, 4.69) is 15.9 Å². The fourth-order valence-electron chi connectivity index (χ4n) is 1.70. The third kappa shape index (κ3) is 5.15. The van der Waals surface area contributed by atoms with Gasteiger partial charge in [-0.3, -0.25) is 0 Å². The molecule has 0 radical (unpaired) electrons. The zero-order chi connectivity index (χ0) is 14.8. The molecule has 0 saturated carbocycles. The maximum Gasteiger partial charge on any atom is 0.416 e. The van der Waals surface area contributed by atoms with Crippen molar-refractivity contribution in [3.8, 4) is 0 Å². The van der Waals surface area contributed by atoms with Crippen LogP contribution >= 0.6 is 15.9 Å². The summed E-state index contributed by atoms with van der Waals surface area (Å²) in [6.45, 7) is 6.09. The van der Waals surface area contributed by atoms with Gasteiger partial charge in [0.05, 0.1) is 11.7 Å². The van der Waals surface area contributed by atoms with E-state index in [1.54, 1.807) is 0 Å². The smallest absolute Gasteiger partial charge is 0.388 e. The van der Waals surface area contributed by atoms with E-state index in [1.165, 1.54) is 6.07 Å². The van der Waals surface area contributed by atoms with E-state index in [9.17, 15) is 18.3 Å². The minimum Gasteiger partial charge on any atom is -0.388 e. The summed E-state index contributed by atoms with van der Waals surface area (Å²) in [6, 6.07) is 3.35. The monoisotopic (exact) mass is 338 g/mol. The van der Waals surface area contributed by atoms with Crippen LogP contribution in [0.15, 0.2) is 22.7 Å². The number of benzene rings is 1. The average Bonchev–Trinajstić information content (AvgIpc) is 2.24. The Kier molecular flexibility index (Phi) is 5.07. The first-order chi connectivity index (χ1) is 8.50. The molecule has 0 heterocycles. The van der Waals surface area contributed by atoms with Crippen LogP contribution in [-0.2, 0) is 6.18 Å². The molecule has 1 N–H and O–H groups in total. The van der Waals surface area contributed by atoms with E-state index in [1.807, 2.05) is 20.8 Å². The van der Waals surface area contributed by atoms with E-state index < -0.39 is 17.8 Å². The topological polar surface area (TPSA) is 20.2 Å². The lowest BCUT2D eigenvalue weighted by atomic mass is 9.88. The molecule has 0 spiro atoms. The predicted octanol–water partition coefficient (Wildman–Crippen LogP) is 5.33. The summed E-state index contributed by atoms with van der Waals surface area (Å²) in [5.74, 6) is 0. The molecule has 0 aliphatic carbocycles. The number of aliphatic hydroxyl groups is 1. The highest BCUT2D eigenvalue weighted by molar-refractivity contribution is 9.10. The maximum atomic E-state index is 12.6. The average molecular weight is 339 g/mol. The number of rotatable bonds is 3. The molecule has 0 amide bonds. The van der Waals surface area contributed by atoms with E-state index >= 15 is 0 Å². The molecular formula is C14H18BrF3O. The van der Waals surface area contributed by atoms with Gasteiger partial charge in [0.1, 0.15) is 0 Å². The third-order valence-corrected chi connectivity index (χ3v) is 3.57. The molecule has 1 rings (SSSR count). The Morgan fingerprint density at radius 2 is 1.79 bits per heavy atom. The SMILES string of the molecule is CC(C)(C)CCC(O)c1cc(C(F)(F)F)ccc1Br. The van der Waals surface area contributed by atoms with Crippen molar-refractivity contribution in [3.05, 3.63) is 33.8 Å². The number of hydrogen-bond donors (Lipinski definition) is 1. The fraction of sp³-hybridized carbons (Fsp3) is 0.571. The van der Waals surface area contributed by atoms with Crippen molar-refractivity contribution in [2.24, 2.45) is 5.41 Å². The van der Waals surface area contributed by atoms with Gasteiger partial charge in [0.15, 0.2) is 0 Å². The van der Waals surface area contributed by atoms with Gasteiger partial charge in [0.2, 0.25) is 0 Å². The first-order valence-corrected chi connectivity index (χ1v) is 6.85. The van der Waals surface area contributed by atoms with Gasteiger partial charge < -0.3 is 5.11 Å². The van der Waals surface area contributed by atoms with Crippen LogP contribution in [0.1, 0.15) is 50.8 Å². The zero-order valence-corrected chi connectivity index (χ0v) is 12.8. The Morgan fingerprint density at radius 1 is 1.21 bits per heavy atom. The van der Waals surface area contributed by atoms with Gasteiger partial charge in [-0.2, -0.15) is 13.2 Å². The molecule has 19 heavy (non-hydrogen) atoms. The molecular weight excluding hydrogens is 321 g/mol. The predicted molar refractivity (Wildman–Crippen MR) is 72.8 cm³/mol. The molecule has 1 atom stereocenters. The van der Waals surface area contributed by atoms with Crippen LogP contribution in [0.3, 0.4) is 0 Å². The van der Waals surface area contributed by atoms with Crippen LogP contribution in [0.2, 0.25) is 0 Å². The Hall–Kier alpha value is -0.550. The number of alkyl halides is 3. The minimum atomic E-state index is -4.39. The van der Waals surface area contributed by atoms with Crippen LogP contribution in [0, 0.1) is 5.41 Å². The van der Waals surface area contributed by atoms with Gasteiger partial charge in [0.25, 0.3) is 0 Å². The van der Waals surface area contributed by atoms with Crippen molar-refractivity contribution in [2.75, 3.05) is 0 Å². The molecule has 1 aromatic rings. The summed E-state index contributed by atoms with van der Waals surface area (Å²) in [7, 11) is 0. The van der Waals surface area contributed by atoms with E-state index in [0.717, 1.165) is 18.6 Å². The van der Waals surface area contributed by atoms with Crippen molar-refractivity contribution >= 4 is 15.9 Å². The molecule has 0 aromatic heterocycles. The van der Waals surface area contributed by atoms with Crippen LogP contribution in [0.25, 0.3) is 0 Å². The van der Waals surface area contributed by atoms with Crippen LogP contribution in [0.4, 0.5) is 13.2 Å². The van der Waals surface area contributed by atoms with Gasteiger partial charge >= 0.3 is 6.18 Å². The normalized spacial score (nSPS) is 14.5. The molecule has 108 valence electrons. The minimum absolute atomic E-state index is 0.0368. The molecule has 1 aromatic carbocycles.